The third-order valence-electron chi connectivity index (χ3n) is 2.32. The molecule has 80 valence electrons. The van der Waals surface area contributed by atoms with Crippen LogP contribution in [0.3, 0.4) is 0 Å². The second-order valence-corrected chi connectivity index (χ2v) is 3.57. The minimum Gasteiger partial charge on any atom is -0.383 e. The molecule has 2 heterocycles. The molecule has 0 aliphatic heterocycles. The molecule has 0 radical (unpaired) electrons. The summed E-state index contributed by atoms with van der Waals surface area (Å²) in [6.07, 6.45) is 6.51. The van der Waals surface area contributed by atoms with Gasteiger partial charge in [0.15, 0.2) is 0 Å². The van der Waals surface area contributed by atoms with Crippen LogP contribution in [0.15, 0.2) is 18.7 Å². The summed E-state index contributed by atoms with van der Waals surface area (Å²) >= 11 is 0. The number of aromatic nitrogens is 4. The van der Waals surface area contributed by atoms with Crippen LogP contribution in [0.1, 0.15) is 13.3 Å². The number of nitrogen functional groups attached to an aromatic ring is 1. The van der Waals surface area contributed by atoms with Crippen LogP contribution in [0.5, 0.6) is 0 Å². The van der Waals surface area contributed by atoms with Crippen LogP contribution in [-0.2, 0) is 13.6 Å². The van der Waals surface area contributed by atoms with E-state index in [2.05, 4.69) is 17.0 Å². The van der Waals surface area contributed by atoms with Crippen molar-refractivity contribution in [3.05, 3.63) is 18.7 Å². The topological polar surface area (TPSA) is 61.7 Å². The second-order valence-electron chi connectivity index (χ2n) is 3.57. The van der Waals surface area contributed by atoms with Gasteiger partial charge >= 0.3 is 0 Å². The van der Waals surface area contributed by atoms with Crippen LogP contribution < -0.4 is 5.73 Å². The first-order chi connectivity index (χ1) is 7.22. The average Bonchev–Trinajstić information content (AvgIpc) is 2.76. The molecule has 0 aromatic carbocycles. The average molecular weight is 205 g/mol. The van der Waals surface area contributed by atoms with Gasteiger partial charge in [0.05, 0.1) is 12.5 Å². The highest BCUT2D eigenvalue weighted by atomic mass is 15.2. The number of hydrogen-bond acceptors (Lipinski definition) is 3. The smallest absolute Gasteiger partial charge is 0.131 e. The van der Waals surface area contributed by atoms with Crippen molar-refractivity contribution in [3.8, 4) is 11.3 Å². The summed E-state index contributed by atoms with van der Waals surface area (Å²) in [6, 6.07) is 0. The van der Waals surface area contributed by atoms with Crippen molar-refractivity contribution >= 4 is 5.82 Å². The van der Waals surface area contributed by atoms with Gasteiger partial charge in [0.2, 0.25) is 0 Å². The van der Waals surface area contributed by atoms with E-state index < -0.39 is 0 Å². The molecule has 2 aromatic rings. The summed E-state index contributed by atoms with van der Waals surface area (Å²) in [6.45, 7) is 3.02. The van der Waals surface area contributed by atoms with E-state index in [-0.39, 0.29) is 0 Å². The van der Waals surface area contributed by atoms with Crippen molar-refractivity contribution in [1.29, 1.82) is 0 Å². The molecule has 2 N–H and O–H groups in total. The molecule has 0 spiro atoms. The summed E-state index contributed by atoms with van der Waals surface area (Å²) in [4.78, 5) is 4.30. The maximum Gasteiger partial charge on any atom is 0.131 e. The monoisotopic (exact) mass is 205 g/mol. The van der Waals surface area contributed by atoms with Crippen molar-refractivity contribution in [3.63, 3.8) is 0 Å². The summed E-state index contributed by atoms with van der Waals surface area (Å²) in [5.41, 5.74) is 7.77. The summed E-state index contributed by atoms with van der Waals surface area (Å²) in [5, 5.41) is 4.10. The molecular formula is C10H15N5. The van der Waals surface area contributed by atoms with Crippen molar-refractivity contribution in [2.45, 2.75) is 19.9 Å². The summed E-state index contributed by atoms with van der Waals surface area (Å²) < 4.78 is 3.70. The fourth-order valence-corrected chi connectivity index (χ4v) is 1.58. The zero-order valence-electron chi connectivity index (χ0n) is 9.01. The molecule has 0 saturated carbocycles. The number of nitrogens with two attached hydrogens (primary N) is 1. The van der Waals surface area contributed by atoms with Crippen LogP contribution in [0.4, 0.5) is 5.82 Å². The molecule has 5 nitrogen and oxygen atoms in total. The van der Waals surface area contributed by atoms with Crippen LogP contribution in [0.2, 0.25) is 0 Å². The predicted octanol–water partition coefficient (Wildman–Crippen LogP) is 1.28. The van der Waals surface area contributed by atoms with E-state index in [0.29, 0.717) is 5.82 Å². The molecule has 2 aromatic heterocycles. The minimum atomic E-state index is 0.713. The Hall–Kier alpha value is -1.78. The molecule has 0 saturated heterocycles. The Morgan fingerprint density at radius 3 is 2.87 bits per heavy atom. The molecule has 0 fully saturated rings. The maximum atomic E-state index is 5.99. The highest BCUT2D eigenvalue weighted by Crippen LogP contribution is 2.23. The molecule has 0 aliphatic rings. The van der Waals surface area contributed by atoms with Gasteiger partial charge in [-0.2, -0.15) is 5.10 Å². The van der Waals surface area contributed by atoms with Crippen molar-refractivity contribution in [2.75, 3.05) is 5.73 Å². The lowest BCUT2D eigenvalue weighted by Gasteiger charge is -2.01. The van der Waals surface area contributed by atoms with E-state index in [1.54, 1.807) is 17.2 Å². The normalized spacial score (nSPS) is 10.8. The SMILES string of the molecule is CCCn1cnc(-c2cnn(C)c2)c1N. The van der Waals surface area contributed by atoms with Gasteiger partial charge in [0, 0.05) is 25.4 Å². The van der Waals surface area contributed by atoms with E-state index in [9.17, 15) is 0 Å². The van der Waals surface area contributed by atoms with E-state index >= 15 is 0 Å². The summed E-state index contributed by atoms with van der Waals surface area (Å²) in [7, 11) is 1.88. The van der Waals surface area contributed by atoms with E-state index in [0.717, 1.165) is 24.2 Å². The Balaban J connectivity index is 2.37. The Labute approximate surface area is 88.5 Å². The molecule has 15 heavy (non-hydrogen) atoms. The van der Waals surface area contributed by atoms with Crippen molar-refractivity contribution < 1.29 is 0 Å². The Bertz CT molecular complexity index is 454. The first-order valence-corrected chi connectivity index (χ1v) is 5.02. The number of aryl methyl sites for hydroxylation is 2. The van der Waals surface area contributed by atoms with Crippen LogP contribution in [0.25, 0.3) is 11.3 Å². The first kappa shape index (κ1) is 9.76. The highest BCUT2D eigenvalue weighted by molar-refractivity contribution is 5.69. The predicted molar refractivity (Wildman–Crippen MR) is 59.1 cm³/mol. The Morgan fingerprint density at radius 1 is 1.47 bits per heavy atom. The lowest BCUT2D eigenvalue weighted by molar-refractivity contribution is 0.686. The molecule has 0 unspecified atom stereocenters. The van der Waals surface area contributed by atoms with Gasteiger partial charge in [-0.3, -0.25) is 4.68 Å². The van der Waals surface area contributed by atoms with E-state index in [4.69, 9.17) is 5.73 Å². The molecular weight excluding hydrogens is 190 g/mol. The third-order valence-corrected chi connectivity index (χ3v) is 2.32. The number of nitrogens with zero attached hydrogens (tertiary/aromatic N) is 4. The van der Waals surface area contributed by atoms with Gasteiger partial charge in [-0.05, 0) is 6.42 Å². The third kappa shape index (κ3) is 1.72. The van der Waals surface area contributed by atoms with Crippen LogP contribution in [0, 0.1) is 0 Å². The Morgan fingerprint density at radius 2 is 2.27 bits per heavy atom. The fraction of sp³-hybridized carbons (Fsp3) is 0.400. The van der Waals surface area contributed by atoms with Gasteiger partial charge in [-0.15, -0.1) is 0 Å². The number of hydrogen-bond donors (Lipinski definition) is 1. The molecule has 0 atom stereocenters. The largest absolute Gasteiger partial charge is 0.383 e. The first-order valence-electron chi connectivity index (χ1n) is 5.02. The van der Waals surface area contributed by atoms with Gasteiger partial charge in [-0.1, -0.05) is 6.92 Å². The van der Waals surface area contributed by atoms with Gasteiger partial charge in [0.25, 0.3) is 0 Å². The van der Waals surface area contributed by atoms with Crippen molar-refractivity contribution in [1.82, 2.24) is 19.3 Å². The molecule has 5 heteroatoms. The fourth-order valence-electron chi connectivity index (χ4n) is 1.58. The van der Waals surface area contributed by atoms with E-state index in [1.165, 1.54) is 0 Å². The Kier molecular flexibility index (Phi) is 2.45. The molecule has 0 amide bonds. The van der Waals surface area contributed by atoms with E-state index in [1.807, 2.05) is 17.8 Å². The minimum absolute atomic E-state index is 0.713. The quantitative estimate of drug-likeness (QED) is 0.821. The molecule has 0 aliphatic carbocycles. The van der Waals surface area contributed by atoms with Crippen molar-refractivity contribution in [2.24, 2.45) is 7.05 Å². The molecule has 0 bridgehead atoms. The maximum absolute atomic E-state index is 5.99. The number of rotatable bonds is 3. The number of anilines is 1. The van der Waals surface area contributed by atoms with Gasteiger partial charge in [-0.25, -0.2) is 4.98 Å². The lowest BCUT2D eigenvalue weighted by Crippen LogP contribution is -2.01. The zero-order chi connectivity index (χ0) is 10.8. The standard InChI is InChI=1S/C10H15N5/c1-3-4-15-7-12-9(10(15)11)8-5-13-14(2)6-8/h5-7H,3-4,11H2,1-2H3. The summed E-state index contributed by atoms with van der Waals surface area (Å²) in [5.74, 6) is 0.713. The zero-order valence-corrected chi connectivity index (χ0v) is 9.01. The van der Waals surface area contributed by atoms with Crippen LogP contribution >= 0.6 is 0 Å². The molecule has 2 rings (SSSR count). The second kappa shape index (κ2) is 3.76. The number of imidazole rings is 1. The highest BCUT2D eigenvalue weighted by Gasteiger charge is 2.10. The lowest BCUT2D eigenvalue weighted by atomic mass is 10.2. The van der Waals surface area contributed by atoms with Crippen LogP contribution in [-0.4, -0.2) is 19.3 Å². The van der Waals surface area contributed by atoms with Gasteiger partial charge in [0.1, 0.15) is 11.5 Å². The van der Waals surface area contributed by atoms with Gasteiger partial charge < -0.3 is 10.3 Å².